The lowest BCUT2D eigenvalue weighted by Crippen LogP contribution is -2.62. The van der Waals surface area contributed by atoms with E-state index in [1.807, 2.05) is 0 Å². The highest BCUT2D eigenvalue weighted by Crippen LogP contribution is 2.37. The van der Waals surface area contributed by atoms with Crippen LogP contribution in [-0.4, -0.2) is 49.8 Å². The second-order valence-corrected chi connectivity index (χ2v) is 6.22. The molecule has 0 bridgehead atoms. The average Bonchev–Trinajstić information content (AvgIpc) is 3.00. The summed E-state index contributed by atoms with van der Waals surface area (Å²) in [5.74, 6) is 0.777. The number of likely N-dealkylation sites (N-methyl/N-ethyl adjacent to an activating group) is 1. The Morgan fingerprint density at radius 1 is 1.16 bits per heavy atom. The summed E-state index contributed by atoms with van der Waals surface area (Å²) in [6.45, 7) is 9.25. The van der Waals surface area contributed by atoms with Gasteiger partial charge in [-0.2, -0.15) is 0 Å². The van der Waals surface area contributed by atoms with Crippen molar-refractivity contribution in [3.63, 3.8) is 0 Å². The number of ether oxygens (including phenoxy) is 1. The van der Waals surface area contributed by atoms with Gasteiger partial charge in [-0.3, -0.25) is 4.90 Å². The fourth-order valence-corrected chi connectivity index (χ4v) is 4.49. The van der Waals surface area contributed by atoms with Crippen molar-refractivity contribution in [2.45, 2.75) is 64.0 Å². The molecule has 1 atom stereocenters. The molecule has 1 unspecified atom stereocenters. The Bertz CT molecular complexity index is 253. The minimum absolute atomic E-state index is 0.354. The Labute approximate surface area is 119 Å². The molecular formula is C16H32N2O. The maximum atomic E-state index is 5.56. The third-order valence-electron chi connectivity index (χ3n) is 5.59. The molecule has 0 aromatic rings. The Kier molecular flexibility index (Phi) is 5.67. The highest BCUT2D eigenvalue weighted by atomic mass is 16.5. The zero-order chi connectivity index (χ0) is 13.7. The van der Waals surface area contributed by atoms with Crippen molar-refractivity contribution >= 4 is 0 Å². The van der Waals surface area contributed by atoms with Gasteiger partial charge >= 0.3 is 0 Å². The minimum atomic E-state index is 0.354. The predicted molar refractivity (Wildman–Crippen MR) is 80.5 cm³/mol. The van der Waals surface area contributed by atoms with E-state index in [-0.39, 0.29) is 0 Å². The lowest BCUT2D eigenvalue weighted by Gasteiger charge is -2.50. The van der Waals surface area contributed by atoms with E-state index < -0.39 is 0 Å². The first-order chi connectivity index (χ1) is 9.28. The quantitative estimate of drug-likeness (QED) is 0.801. The van der Waals surface area contributed by atoms with E-state index in [0.717, 1.165) is 19.1 Å². The van der Waals surface area contributed by atoms with Crippen LogP contribution in [0.5, 0.6) is 0 Å². The lowest BCUT2D eigenvalue weighted by atomic mass is 9.74. The van der Waals surface area contributed by atoms with E-state index in [9.17, 15) is 0 Å². The molecule has 2 aliphatic rings. The summed E-state index contributed by atoms with van der Waals surface area (Å²) < 4.78 is 5.56. The highest BCUT2D eigenvalue weighted by Gasteiger charge is 2.44. The van der Waals surface area contributed by atoms with Crippen molar-refractivity contribution in [2.75, 3.05) is 33.4 Å². The van der Waals surface area contributed by atoms with Gasteiger partial charge in [-0.25, -0.2) is 0 Å². The third-order valence-corrected chi connectivity index (χ3v) is 5.59. The van der Waals surface area contributed by atoms with Crippen molar-refractivity contribution in [1.29, 1.82) is 0 Å². The fourth-order valence-electron chi connectivity index (χ4n) is 4.49. The van der Waals surface area contributed by atoms with Gasteiger partial charge in [0.15, 0.2) is 0 Å². The molecule has 0 spiro atoms. The van der Waals surface area contributed by atoms with E-state index >= 15 is 0 Å². The van der Waals surface area contributed by atoms with Gasteiger partial charge < -0.3 is 10.1 Å². The van der Waals surface area contributed by atoms with E-state index in [2.05, 4.69) is 31.1 Å². The van der Waals surface area contributed by atoms with Crippen LogP contribution in [0.25, 0.3) is 0 Å². The molecule has 2 saturated heterocycles. The molecule has 2 heterocycles. The van der Waals surface area contributed by atoms with Gasteiger partial charge in [-0.1, -0.05) is 13.8 Å². The van der Waals surface area contributed by atoms with E-state index in [4.69, 9.17) is 4.74 Å². The molecule has 0 amide bonds. The summed E-state index contributed by atoms with van der Waals surface area (Å²) in [7, 11) is 2.16. The molecule has 3 nitrogen and oxygen atoms in total. The molecule has 2 fully saturated rings. The summed E-state index contributed by atoms with van der Waals surface area (Å²) in [5.41, 5.74) is 0.354. The number of rotatable bonds is 6. The molecule has 0 aromatic heterocycles. The molecule has 0 saturated carbocycles. The number of likely N-dealkylation sites (tertiary alicyclic amines) is 1. The van der Waals surface area contributed by atoms with Gasteiger partial charge in [0.2, 0.25) is 0 Å². The SMILES string of the molecule is CCC(CC)(C(NC)C1CCOCC1)N1CCCC1. The zero-order valence-corrected chi connectivity index (χ0v) is 13.1. The molecule has 2 rings (SSSR count). The van der Waals surface area contributed by atoms with Crippen LogP contribution in [0.1, 0.15) is 52.4 Å². The molecule has 0 aromatic carbocycles. The Morgan fingerprint density at radius 2 is 1.74 bits per heavy atom. The van der Waals surface area contributed by atoms with Gasteiger partial charge in [-0.05, 0) is 64.6 Å². The fraction of sp³-hybridized carbons (Fsp3) is 1.00. The molecule has 0 aliphatic carbocycles. The first-order valence-corrected chi connectivity index (χ1v) is 8.28. The molecule has 2 aliphatic heterocycles. The summed E-state index contributed by atoms with van der Waals surface area (Å²) >= 11 is 0. The normalized spacial score (nSPS) is 24.8. The van der Waals surface area contributed by atoms with Gasteiger partial charge in [0.25, 0.3) is 0 Å². The summed E-state index contributed by atoms with van der Waals surface area (Å²) in [6.07, 6.45) is 7.72. The monoisotopic (exact) mass is 268 g/mol. The Hall–Kier alpha value is -0.120. The first-order valence-electron chi connectivity index (χ1n) is 8.28. The summed E-state index contributed by atoms with van der Waals surface area (Å²) in [4.78, 5) is 2.78. The maximum Gasteiger partial charge on any atom is 0.0469 e. The number of nitrogens with one attached hydrogen (secondary N) is 1. The van der Waals surface area contributed by atoms with Crippen LogP contribution in [0.15, 0.2) is 0 Å². The Morgan fingerprint density at radius 3 is 2.21 bits per heavy atom. The maximum absolute atomic E-state index is 5.56. The van der Waals surface area contributed by atoms with Crippen molar-refractivity contribution in [3.8, 4) is 0 Å². The van der Waals surface area contributed by atoms with E-state index in [1.54, 1.807) is 0 Å². The summed E-state index contributed by atoms with van der Waals surface area (Å²) in [6, 6.07) is 0.615. The molecular weight excluding hydrogens is 236 g/mol. The van der Waals surface area contributed by atoms with E-state index in [0.29, 0.717) is 11.6 Å². The second kappa shape index (κ2) is 7.05. The molecule has 0 radical (unpaired) electrons. The van der Waals surface area contributed by atoms with Crippen molar-refractivity contribution in [3.05, 3.63) is 0 Å². The van der Waals surface area contributed by atoms with Crippen LogP contribution >= 0.6 is 0 Å². The summed E-state index contributed by atoms with van der Waals surface area (Å²) in [5, 5.41) is 3.69. The second-order valence-electron chi connectivity index (χ2n) is 6.22. The number of hydrogen-bond donors (Lipinski definition) is 1. The highest BCUT2D eigenvalue weighted by molar-refractivity contribution is 5.02. The van der Waals surface area contributed by atoms with Gasteiger partial charge in [-0.15, -0.1) is 0 Å². The van der Waals surface area contributed by atoms with Gasteiger partial charge in [0, 0.05) is 24.8 Å². The van der Waals surface area contributed by atoms with Crippen molar-refractivity contribution in [2.24, 2.45) is 5.92 Å². The smallest absolute Gasteiger partial charge is 0.0469 e. The number of nitrogens with zero attached hydrogens (tertiary/aromatic N) is 1. The van der Waals surface area contributed by atoms with Gasteiger partial charge in [0.1, 0.15) is 0 Å². The average molecular weight is 268 g/mol. The van der Waals surface area contributed by atoms with Crippen LogP contribution in [0.4, 0.5) is 0 Å². The predicted octanol–water partition coefficient (Wildman–Crippen LogP) is 2.66. The first kappa shape index (κ1) is 15.3. The minimum Gasteiger partial charge on any atom is -0.381 e. The Balaban J connectivity index is 2.17. The van der Waals surface area contributed by atoms with Crippen LogP contribution < -0.4 is 5.32 Å². The van der Waals surface area contributed by atoms with Crippen LogP contribution in [0, 0.1) is 5.92 Å². The molecule has 1 N–H and O–H groups in total. The van der Waals surface area contributed by atoms with Crippen molar-refractivity contribution < 1.29 is 4.74 Å². The third kappa shape index (κ3) is 2.98. The molecule has 3 heteroatoms. The number of hydrogen-bond acceptors (Lipinski definition) is 3. The van der Waals surface area contributed by atoms with Gasteiger partial charge in [0.05, 0.1) is 0 Å². The van der Waals surface area contributed by atoms with Crippen LogP contribution in [0.2, 0.25) is 0 Å². The van der Waals surface area contributed by atoms with Crippen molar-refractivity contribution in [1.82, 2.24) is 10.2 Å². The lowest BCUT2D eigenvalue weighted by molar-refractivity contribution is -0.00353. The standard InChI is InChI=1S/C16H32N2O/c1-4-16(5-2,18-10-6-7-11-18)15(17-3)14-8-12-19-13-9-14/h14-15,17H,4-13H2,1-3H3. The largest absolute Gasteiger partial charge is 0.381 e. The molecule has 112 valence electrons. The zero-order valence-electron chi connectivity index (χ0n) is 13.1. The topological polar surface area (TPSA) is 24.5 Å². The van der Waals surface area contributed by atoms with Crippen LogP contribution in [-0.2, 0) is 4.74 Å². The van der Waals surface area contributed by atoms with E-state index in [1.165, 1.54) is 51.6 Å². The van der Waals surface area contributed by atoms with Crippen LogP contribution in [0.3, 0.4) is 0 Å². The molecule has 19 heavy (non-hydrogen) atoms.